The van der Waals surface area contributed by atoms with E-state index in [1.807, 2.05) is 0 Å². The van der Waals surface area contributed by atoms with Crippen LogP contribution in [0.5, 0.6) is 11.5 Å². The zero-order valence-corrected chi connectivity index (χ0v) is 8.16. The Labute approximate surface area is 82.1 Å². The van der Waals surface area contributed by atoms with Gasteiger partial charge >= 0.3 is 0 Å². The third-order valence-corrected chi connectivity index (χ3v) is 1.90. The Bertz CT molecular complexity index is 279. The Morgan fingerprint density at radius 1 is 1.21 bits per heavy atom. The zero-order valence-electron chi connectivity index (χ0n) is 8.16. The molecular weight excluding hydrogens is 187 g/mol. The van der Waals surface area contributed by atoms with Gasteiger partial charge in [0, 0.05) is 6.07 Å². The van der Waals surface area contributed by atoms with E-state index < -0.39 is 12.8 Å². The Morgan fingerprint density at radius 2 is 1.71 bits per heavy atom. The summed E-state index contributed by atoms with van der Waals surface area (Å²) in [5.41, 5.74) is 0.351. The molecule has 0 aliphatic rings. The molecule has 1 rings (SSSR count). The van der Waals surface area contributed by atoms with Crippen molar-refractivity contribution in [3.05, 3.63) is 23.8 Å². The molecule has 0 aliphatic carbocycles. The minimum absolute atomic E-state index is 0.351. The van der Waals surface area contributed by atoms with Crippen LogP contribution in [-0.2, 0) is 0 Å². The summed E-state index contributed by atoms with van der Waals surface area (Å²) in [4.78, 5) is 0. The Kier molecular flexibility index (Phi) is 3.71. The fraction of sp³-hybridized carbons (Fsp3) is 0.400. The molecule has 0 fully saturated rings. The molecule has 78 valence electrons. The molecule has 1 aromatic carbocycles. The van der Waals surface area contributed by atoms with Crippen molar-refractivity contribution in [2.45, 2.75) is 6.17 Å². The minimum atomic E-state index is -1.40. The van der Waals surface area contributed by atoms with Crippen LogP contribution in [0.25, 0.3) is 0 Å². The average molecular weight is 200 g/mol. The zero-order chi connectivity index (χ0) is 10.6. The van der Waals surface area contributed by atoms with Crippen molar-refractivity contribution in [1.82, 2.24) is 0 Å². The predicted molar refractivity (Wildman–Crippen MR) is 50.5 cm³/mol. The Balaban J connectivity index is 3.04. The fourth-order valence-electron chi connectivity index (χ4n) is 1.12. The summed E-state index contributed by atoms with van der Waals surface area (Å²) < 4.78 is 23.1. The van der Waals surface area contributed by atoms with E-state index in [9.17, 15) is 4.39 Å². The van der Waals surface area contributed by atoms with Crippen LogP contribution in [0.15, 0.2) is 18.2 Å². The first-order valence-electron chi connectivity index (χ1n) is 4.19. The summed E-state index contributed by atoms with van der Waals surface area (Å²) in [7, 11) is 2.98. The van der Waals surface area contributed by atoms with Crippen molar-refractivity contribution < 1.29 is 19.0 Å². The summed E-state index contributed by atoms with van der Waals surface area (Å²) in [5, 5.41) is 8.66. The Morgan fingerprint density at radius 3 is 2.07 bits per heavy atom. The van der Waals surface area contributed by atoms with Crippen LogP contribution >= 0.6 is 0 Å². The highest BCUT2D eigenvalue weighted by atomic mass is 19.1. The highest BCUT2D eigenvalue weighted by Gasteiger charge is 2.11. The van der Waals surface area contributed by atoms with E-state index in [0.29, 0.717) is 17.1 Å². The lowest BCUT2D eigenvalue weighted by Crippen LogP contribution is -1.98. The van der Waals surface area contributed by atoms with Crippen molar-refractivity contribution >= 4 is 0 Å². The number of methoxy groups -OCH3 is 2. The molecule has 0 spiro atoms. The molecule has 1 atom stereocenters. The summed E-state index contributed by atoms with van der Waals surface area (Å²) in [6, 6.07) is 4.71. The van der Waals surface area contributed by atoms with Gasteiger partial charge in [-0.05, 0) is 17.7 Å². The van der Waals surface area contributed by atoms with Crippen LogP contribution < -0.4 is 9.47 Å². The molecule has 0 saturated heterocycles. The fourth-order valence-corrected chi connectivity index (χ4v) is 1.12. The first-order valence-corrected chi connectivity index (χ1v) is 4.19. The van der Waals surface area contributed by atoms with Crippen molar-refractivity contribution in [3.8, 4) is 11.5 Å². The molecule has 0 aliphatic heterocycles. The van der Waals surface area contributed by atoms with E-state index in [2.05, 4.69) is 0 Å². The quantitative estimate of drug-likeness (QED) is 0.804. The Hall–Kier alpha value is -1.29. The van der Waals surface area contributed by atoms with Gasteiger partial charge in [-0.25, -0.2) is 4.39 Å². The van der Waals surface area contributed by atoms with Crippen molar-refractivity contribution in [1.29, 1.82) is 0 Å². The second-order valence-corrected chi connectivity index (χ2v) is 2.80. The largest absolute Gasteiger partial charge is 0.497 e. The summed E-state index contributed by atoms with van der Waals surface area (Å²) in [6.45, 7) is -0.545. The SMILES string of the molecule is COc1cc(OC)cc(C(F)CO)c1. The van der Waals surface area contributed by atoms with E-state index in [-0.39, 0.29) is 0 Å². The molecule has 4 heteroatoms. The highest BCUT2D eigenvalue weighted by molar-refractivity contribution is 5.39. The number of aliphatic hydroxyl groups is 1. The number of ether oxygens (including phenoxy) is 2. The van der Waals surface area contributed by atoms with E-state index in [1.165, 1.54) is 26.4 Å². The lowest BCUT2D eigenvalue weighted by Gasteiger charge is -2.10. The summed E-state index contributed by atoms with van der Waals surface area (Å²) in [5.74, 6) is 1.02. The molecule has 3 nitrogen and oxygen atoms in total. The smallest absolute Gasteiger partial charge is 0.148 e. The van der Waals surface area contributed by atoms with Crippen molar-refractivity contribution in [2.24, 2.45) is 0 Å². The number of halogens is 1. The first-order chi connectivity index (χ1) is 6.71. The molecule has 1 unspecified atom stereocenters. The van der Waals surface area contributed by atoms with E-state index in [0.717, 1.165) is 0 Å². The number of benzene rings is 1. The maximum Gasteiger partial charge on any atom is 0.148 e. The summed E-state index contributed by atoms with van der Waals surface area (Å²) in [6.07, 6.45) is -1.40. The van der Waals surface area contributed by atoms with Crippen molar-refractivity contribution in [2.75, 3.05) is 20.8 Å². The van der Waals surface area contributed by atoms with Gasteiger partial charge < -0.3 is 14.6 Å². The van der Waals surface area contributed by atoms with Crippen LogP contribution in [0.1, 0.15) is 11.7 Å². The molecule has 0 bridgehead atoms. The lowest BCUT2D eigenvalue weighted by molar-refractivity contribution is 0.179. The molecule has 0 amide bonds. The van der Waals surface area contributed by atoms with Gasteiger partial charge in [-0.2, -0.15) is 0 Å². The molecule has 0 saturated carbocycles. The van der Waals surface area contributed by atoms with E-state index in [1.54, 1.807) is 6.07 Å². The maximum absolute atomic E-state index is 13.1. The van der Waals surface area contributed by atoms with E-state index in [4.69, 9.17) is 14.6 Å². The van der Waals surface area contributed by atoms with Crippen LogP contribution in [0.2, 0.25) is 0 Å². The van der Waals surface area contributed by atoms with Crippen LogP contribution in [0.4, 0.5) is 4.39 Å². The second-order valence-electron chi connectivity index (χ2n) is 2.80. The monoisotopic (exact) mass is 200 g/mol. The summed E-state index contributed by atoms with van der Waals surface area (Å²) >= 11 is 0. The minimum Gasteiger partial charge on any atom is -0.497 e. The number of rotatable bonds is 4. The molecular formula is C10H13FO3. The van der Waals surface area contributed by atoms with Gasteiger partial charge in [0.2, 0.25) is 0 Å². The maximum atomic E-state index is 13.1. The van der Waals surface area contributed by atoms with Crippen LogP contribution in [0.3, 0.4) is 0 Å². The van der Waals surface area contributed by atoms with Gasteiger partial charge in [-0.1, -0.05) is 0 Å². The van der Waals surface area contributed by atoms with Gasteiger partial charge in [0.1, 0.15) is 17.7 Å². The van der Waals surface area contributed by atoms with Gasteiger partial charge in [0.15, 0.2) is 0 Å². The number of alkyl halides is 1. The molecule has 14 heavy (non-hydrogen) atoms. The average Bonchev–Trinajstić information content (AvgIpc) is 2.27. The number of hydrogen-bond donors (Lipinski definition) is 1. The molecule has 1 N–H and O–H groups in total. The second kappa shape index (κ2) is 4.81. The molecule has 0 heterocycles. The third kappa shape index (κ3) is 2.35. The van der Waals surface area contributed by atoms with Crippen molar-refractivity contribution in [3.63, 3.8) is 0 Å². The lowest BCUT2D eigenvalue weighted by atomic mass is 10.1. The molecule has 0 aromatic heterocycles. The number of hydrogen-bond acceptors (Lipinski definition) is 3. The van der Waals surface area contributed by atoms with Gasteiger partial charge in [-0.3, -0.25) is 0 Å². The van der Waals surface area contributed by atoms with Gasteiger partial charge in [0.05, 0.1) is 20.8 Å². The molecule has 0 radical (unpaired) electrons. The van der Waals surface area contributed by atoms with Gasteiger partial charge in [0.25, 0.3) is 0 Å². The topological polar surface area (TPSA) is 38.7 Å². The van der Waals surface area contributed by atoms with E-state index >= 15 is 0 Å². The third-order valence-electron chi connectivity index (χ3n) is 1.90. The molecule has 1 aromatic rings. The standard InChI is InChI=1S/C10H13FO3/c1-13-8-3-7(10(11)6-12)4-9(5-8)14-2/h3-5,10,12H,6H2,1-2H3. The first kappa shape index (κ1) is 10.8. The van der Waals surface area contributed by atoms with Crippen LogP contribution in [0, 0.1) is 0 Å². The number of aliphatic hydroxyl groups excluding tert-OH is 1. The van der Waals surface area contributed by atoms with Gasteiger partial charge in [-0.15, -0.1) is 0 Å². The normalized spacial score (nSPS) is 12.3. The predicted octanol–water partition coefficient (Wildman–Crippen LogP) is 1.71. The van der Waals surface area contributed by atoms with Crippen LogP contribution in [-0.4, -0.2) is 25.9 Å². The highest BCUT2D eigenvalue weighted by Crippen LogP contribution is 2.27.